The average molecular weight is 262 g/mol. The predicted octanol–water partition coefficient (Wildman–Crippen LogP) is 1.55. The molecule has 1 amide bonds. The highest BCUT2D eigenvalue weighted by Gasteiger charge is 2.20. The van der Waals surface area contributed by atoms with Crippen LogP contribution in [0.4, 0.5) is 0 Å². The Hall–Kier alpha value is -0.650. The van der Waals surface area contributed by atoms with E-state index >= 15 is 0 Å². The zero-order chi connectivity index (χ0) is 10.7. The maximum Gasteiger partial charge on any atom is 0.270 e. The maximum absolute atomic E-state index is 11.6. The van der Waals surface area contributed by atoms with Crippen LogP contribution in [0.25, 0.3) is 0 Å². The SMILES string of the molecule is Cl.NCc1nc(C(=O)NCCC2CC2)cs1. The molecule has 1 saturated carbocycles. The third-order valence-corrected chi connectivity index (χ3v) is 3.37. The van der Waals surface area contributed by atoms with E-state index in [0.717, 1.165) is 23.9 Å². The van der Waals surface area contributed by atoms with Gasteiger partial charge in [-0.1, -0.05) is 12.8 Å². The largest absolute Gasteiger partial charge is 0.351 e. The van der Waals surface area contributed by atoms with E-state index in [4.69, 9.17) is 5.73 Å². The summed E-state index contributed by atoms with van der Waals surface area (Å²) in [6.07, 6.45) is 3.74. The fraction of sp³-hybridized carbons (Fsp3) is 0.600. The van der Waals surface area contributed by atoms with Gasteiger partial charge in [0.1, 0.15) is 10.7 Å². The molecule has 1 aromatic heterocycles. The summed E-state index contributed by atoms with van der Waals surface area (Å²) in [5, 5.41) is 5.44. The van der Waals surface area contributed by atoms with Crippen molar-refractivity contribution in [2.45, 2.75) is 25.8 Å². The van der Waals surface area contributed by atoms with Crippen LogP contribution in [0.5, 0.6) is 0 Å². The molecule has 16 heavy (non-hydrogen) atoms. The Bertz CT molecular complexity index is 352. The smallest absolute Gasteiger partial charge is 0.270 e. The summed E-state index contributed by atoms with van der Waals surface area (Å²) in [6, 6.07) is 0. The third-order valence-electron chi connectivity index (χ3n) is 2.49. The number of nitrogens with one attached hydrogen (secondary N) is 1. The molecule has 0 spiro atoms. The second kappa shape index (κ2) is 6.18. The van der Waals surface area contributed by atoms with E-state index in [9.17, 15) is 4.79 Å². The first-order chi connectivity index (χ1) is 7.29. The Morgan fingerprint density at radius 2 is 2.38 bits per heavy atom. The Labute approximate surface area is 105 Å². The van der Waals surface area contributed by atoms with Gasteiger partial charge in [-0.15, -0.1) is 23.7 Å². The van der Waals surface area contributed by atoms with Gasteiger partial charge in [0, 0.05) is 18.5 Å². The van der Waals surface area contributed by atoms with Gasteiger partial charge in [-0.25, -0.2) is 4.98 Å². The number of aromatic nitrogens is 1. The number of nitrogens with two attached hydrogens (primary N) is 1. The Balaban J connectivity index is 0.00000128. The van der Waals surface area contributed by atoms with Gasteiger partial charge in [0.2, 0.25) is 0 Å². The zero-order valence-electron chi connectivity index (χ0n) is 8.94. The lowest BCUT2D eigenvalue weighted by Gasteiger charge is -2.01. The number of nitrogens with zero attached hydrogens (tertiary/aromatic N) is 1. The van der Waals surface area contributed by atoms with Gasteiger partial charge in [0.25, 0.3) is 5.91 Å². The van der Waals surface area contributed by atoms with Crippen LogP contribution in [0.2, 0.25) is 0 Å². The Kier molecular flexibility index (Phi) is 5.18. The normalized spacial score (nSPS) is 14.3. The van der Waals surface area contributed by atoms with E-state index in [1.54, 1.807) is 5.38 Å². The van der Waals surface area contributed by atoms with Crippen LogP contribution >= 0.6 is 23.7 Å². The van der Waals surface area contributed by atoms with E-state index in [-0.39, 0.29) is 18.3 Å². The average Bonchev–Trinajstić information content (AvgIpc) is 2.94. The number of amides is 1. The fourth-order valence-electron chi connectivity index (χ4n) is 1.40. The van der Waals surface area contributed by atoms with Crippen molar-refractivity contribution in [1.29, 1.82) is 0 Å². The highest BCUT2D eigenvalue weighted by molar-refractivity contribution is 7.09. The lowest BCUT2D eigenvalue weighted by Crippen LogP contribution is -2.25. The van der Waals surface area contributed by atoms with Crippen molar-refractivity contribution in [3.05, 3.63) is 16.1 Å². The molecule has 0 radical (unpaired) electrons. The van der Waals surface area contributed by atoms with Crippen molar-refractivity contribution in [2.75, 3.05) is 6.54 Å². The van der Waals surface area contributed by atoms with Crippen LogP contribution in [-0.4, -0.2) is 17.4 Å². The van der Waals surface area contributed by atoms with Gasteiger partial charge in [0.15, 0.2) is 0 Å². The van der Waals surface area contributed by atoms with Crippen LogP contribution in [0, 0.1) is 5.92 Å². The quantitative estimate of drug-likeness (QED) is 0.845. The first kappa shape index (κ1) is 13.4. The fourth-order valence-corrected chi connectivity index (χ4v) is 2.05. The maximum atomic E-state index is 11.6. The molecule has 1 aliphatic rings. The van der Waals surface area contributed by atoms with Gasteiger partial charge >= 0.3 is 0 Å². The van der Waals surface area contributed by atoms with Crippen molar-refractivity contribution >= 4 is 29.7 Å². The van der Waals surface area contributed by atoms with E-state index in [0.29, 0.717) is 12.2 Å². The minimum Gasteiger partial charge on any atom is -0.351 e. The summed E-state index contributed by atoms with van der Waals surface area (Å²) < 4.78 is 0. The molecule has 2 rings (SSSR count). The second-order valence-electron chi connectivity index (χ2n) is 3.82. The van der Waals surface area contributed by atoms with E-state index < -0.39 is 0 Å². The highest BCUT2D eigenvalue weighted by Crippen LogP contribution is 2.31. The monoisotopic (exact) mass is 261 g/mol. The molecule has 0 aromatic carbocycles. The molecule has 0 unspecified atom stereocenters. The Morgan fingerprint density at radius 1 is 1.62 bits per heavy atom. The predicted molar refractivity (Wildman–Crippen MR) is 66.9 cm³/mol. The lowest BCUT2D eigenvalue weighted by molar-refractivity contribution is 0.0948. The van der Waals surface area contributed by atoms with Crippen LogP contribution in [0.15, 0.2) is 5.38 Å². The van der Waals surface area contributed by atoms with Crippen molar-refractivity contribution in [2.24, 2.45) is 11.7 Å². The molecule has 6 heteroatoms. The first-order valence-corrected chi connectivity index (χ1v) is 6.10. The molecule has 0 atom stereocenters. The third kappa shape index (κ3) is 3.73. The van der Waals surface area contributed by atoms with E-state index in [1.165, 1.54) is 24.2 Å². The molecule has 1 heterocycles. The summed E-state index contributed by atoms with van der Waals surface area (Å²) in [5.41, 5.74) is 5.92. The summed E-state index contributed by atoms with van der Waals surface area (Å²) in [6.45, 7) is 1.17. The number of rotatable bonds is 5. The summed E-state index contributed by atoms with van der Waals surface area (Å²) in [7, 11) is 0. The second-order valence-corrected chi connectivity index (χ2v) is 4.76. The van der Waals surface area contributed by atoms with Gasteiger partial charge < -0.3 is 11.1 Å². The van der Waals surface area contributed by atoms with Gasteiger partial charge in [-0.2, -0.15) is 0 Å². The molecule has 1 aliphatic carbocycles. The first-order valence-electron chi connectivity index (χ1n) is 5.22. The van der Waals surface area contributed by atoms with Crippen molar-refractivity contribution in [1.82, 2.24) is 10.3 Å². The number of carbonyl (C=O) groups is 1. The molecule has 1 aromatic rings. The topological polar surface area (TPSA) is 68.0 Å². The van der Waals surface area contributed by atoms with Crippen molar-refractivity contribution in [3.8, 4) is 0 Å². The van der Waals surface area contributed by atoms with Gasteiger partial charge in [-0.3, -0.25) is 4.79 Å². The van der Waals surface area contributed by atoms with Crippen LogP contribution < -0.4 is 11.1 Å². The summed E-state index contributed by atoms with van der Waals surface area (Å²) in [5.74, 6) is 0.770. The molecule has 0 aliphatic heterocycles. The standard InChI is InChI=1S/C10H15N3OS.ClH/c11-5-9-13-8(6-15-9)10(14)12-4-3-7-1-2-7;/h6-7H,1-5,11H2,(H,12,14);1H. The number of hydrogen-bond donors (Lipinski definition) is 2. The lowest BCUT2D eigenvalue weighted by atomic mass is 10.3. The Morgan fingerprint density at radius 3 is 2.94 bits per heavy atom. The molecule has 3 N–H and O–H groups in total. The van der Waals surface area contributed by atoms with Crippen molar-refractivity contribution < 1.29 is 4.79 Å². The molecule has 0 saturated heterocycles. The van der Waals surface area contributed by atoms with E-state index in [2.05, 4.69) is 10.3 Å². The number of thiazole rings is 1. The number of halogens is 1. The van der Waals surface area contributed by atoms with Crippen LogP contribution in [-0.2, 0) is 6.54 Å². The van der Waals surface area contributed by atoms with Crippen molar-refractivity contribution in [3.63, 3.8) is 0 Å². The minimum absolute atomic E-state index is 0. The highest BCUT2D eigenvalue weighted by atomic mass is 35.5. The minimum atomic E-state index is -0.0772. The summed E-state index contributed by atoms with van der Waals surface area (Å²) in [4.78, 5) is 15.7. The molecular formula is C10H16ClN3OS. The molecular weight excluding hydrogens is 246 g/mol. The van der Waals surface area contributed by atoms with Crippen LogP contribution in [0.1, 0.15) is 34.8 Å². The van der Waals surface area contributed by atoms with Gasteiger partial charge in [-0.05, 0) is 12.3 Å². The molecule has 90 valence electrons. The molecule has 1 fully saturated rings. The summed E-state index contributed by atoms with van der Waals surface area (Å²) >= 11 is 1.43. The van der Waals surface area contributed by atoms with Gasteiger partial charge in [0.05, 0.1) is 0 Å². The number of hydrogen-bond acceptors (Lipinski definition) is 4. The van der Waals surface area contributed by atoms with E-state index in [1.807, 2.05) is 0 Å². The molecule has 4 nitrogen and oxygen atoms in total. The van der Waals surface area contributed by atoms with Crippen LogP contribution in [0.3, 0.4) is 0 Å². The zero-order valence-corrected chi connectivity index (χ0v) is 10.6. The number of carbonyl (C=O) groups excluding carboxylic acids is 1. The molecule has 0 bridgehead atoms.